The van der Waals surface area contributed by atoms with E-state index in [9.17, 15) is 4.79 Å². The summed E-state index contributed by atoms with van der Waals surface area (Å²) in [7, 11) is 0. The topological polar surface area (TPSA) is 55.1 Å². The van der Waals surface area contributed by atoms with E-state index < -0.39 is 0 Å². The average molecular weight is 314 g/mol. The molecule has 3 rings (SSSR count). The summed E-state index contributed by atoms with van der Waals surface area (Å²) in [6, 6.07) is 6.59. The minimum Gasteiger partial charge on any atom is -0.390 e. The van der Waals surface area contributed by atoms with E-state index in [1.165, 1.54) is 35.3 Å². The quantitative estimate of drug-likeness (QED) is 0.888. The number of carbonyl (C=O) groups is 1. The van der Waals surface area contributed by atoms with Crippen molar-refractivity contribution < 1.29 is 4.79 Å². The Morgan fingerprint density at radius 1 is 1.23 bits per heavy atom. The fourth-order valence-electron chi connectivity index (χ4n) is 3.06. The lowest BCUT2D eigenvalue weighted by molar-refractivity contribution is 0.0940. The second-order valence-corrected chi connectivity index (χ2v) is 7.05. The highest BCUT2D eigenvalue weighted by Crippen LogP contribution is 2.34. The van der Waals surface area contributed by atoms with Gasteiger partial charge in [0.2, 0.25) is 0 Å². The molecule has 1 saturated carbocycles. The number of nitrogens with one attached hydrogen (secondary N) is 1. The highest BCUT2D eigenvalue weighted by atomic mass is 32.1. The van der Waals surface area contributed by atoms with Gasteiger partial charge in [-0.15, -0.1) is 11.3 Å². The van der Waals surface area contributed by atoms with Crippen LogP contribution in [0.25, 0.3) is 11.1 Å². The summed E-state index contributed by atoms with van der Waals surface area (Å²) < 4.78 is 0. The maximum absolute atomic E-state index is 12.6. The van der Waals surface area contributed by atoms with Crippen LogP contribution in [0.5, 0.6) is 0 Å². The first kappa shape index (κ1) is 15.1. The molecule has 1 aliphatic carbocycles. The Morgan fingerprint density at radius 3 is 2.64 bits per heavy atom. The van der Waals surface area contributed by atoms with Gasteiger partial charge >= 0.3 is 0 Å². The molecule has 1 aromatic heterocycles. The molecule has 4 heteroatoms. The molecule has 0 saturated heterocycles. The molecular formula is C18H22N2OS. The smallest absolute Gasteiger partial charge is 0.255 e. The van der Waals surface area contributed by atoms with Crippen molar-refractivity contribution in [1.82, 2.24) is 5.32 Å². The molecule has 116 valence electrons. The van der Waals surface area contributed by atoms with Gasteiger partial charge < -0.3 is 11.1 Å². The summed E-state index contributed by atoms with van der Waals surface area (Å²) in [5, 5.41) is 5.74. The summed E-state index contributed by atoms with van der Waals surface area (Å²) in [5.41, 5.74) is 11.2. The third-order valence-electron chi connectivity index (χ3n) is 4.55. The SMILES string of the molecule is Cc1ccc(-c2csc(N)c2C(=O)NC2CCCC2)cc1C. The Hall–Kier alpha value is -1.81. The number of anilines is 1. The van der Waals surface area contributed by atoms with Crippen LogP contribution >= 0.6 is 11.3 Å². The second-order valence-electron chi connectivity index (χ2n) is 6.14. The predicted molar refractivity (Wildman–Crippen MR) is 93.4 cm³/mol. The van der Waals surface area contributed by atoms with E-state index >= 15 is 0 Å². The van der Waals surface area contributed by atoms with Crippen LogP contribution in [0.15, 0.2) is 23.6 Å². The van der Waals surface area contributed by atoms with Crippen molar-refractivity contribution in [2.75, 3.05) is 5.73 Å². The molecule has 22 heavy (non-hydrogen) atoms. The highest BCUT2D eigenvalue weighted by molar-refractivity contribution is 7.15. The summed E-state index contributed by atoms with van der Waals surface area (Å²) in [6.07, 6.45) is 4.56. The zero-order valence-electron chi connectivity index (χ0n) is 13.1. The van der Waals surface area contributed by atoms with E-state index in [-0.39, 0.29) is 5.91 Å². The lowest BCUT2D eigenvalue weighted by Gasteiger charge is -2.13. The van der Waals surface area contributed by atoms with E-state index in [0.717, 1.165) is 24.0 Å². The fourth-order valence-corrected chi connectivity index (χ4v) is 3.88. The van der Waals surface area contributed by atoms with Gasteiger partial charge in [0, 0.05) is 17.0 Å². The minimum atomic E-state index is -0.0288. The number of hydrogen-bond donors (Lipinski definition) is 2. The minimum absolute atomic E-state index is 0.0288. The van der Waals surface area contributed by atoms with Gasteiger partial charge in [-0.05, 0) is 43.4 Å². The number of amides is 1. The average Bonchev–Trinajstić information content (AvgIpc) is 3.11. The fraction of sp³-hybridized carbons (Fsp3) is 0.389. The molecule has 0 unspecified atom stereocenters. The maximum atomic E-state index is 12.6. The van der Waals surface area contributed by atoms with Crippen molar-refractivity contribution in [1.29, 1.82) is 0 Å². The molecule has 1 aromatic carbocycles. The normalized spacial score (nSPS) is 15.2. The first-order valence-corrected chi connectivity index (χ1v) is 8.69. The van der Waals surface area contributed by atoms with E-state index in [2.05, 4.69) is 37.4 Å². The number of rotatable bonds is 3. The van der Waals surface area contributed by atoms with Crippen LogP contribution < -0.4 is 11.1 Å². The van der Waals surface area contributed by atoms with Crippen LogP contribution in [-0.2, 0) is 0 Å². The van der Waals surface area contributed by atoms with Gasteiger partial charge in [0.1, 0.15) is 0 Å². The Kier molecular flexibility index (Phi) is 4.21. The molecule has 0 radical (unpaired) electrons. The Labute approximate surface area is 135 Å². The molecular weight excluding hydrogens is 292 g/mol. The molecule has 2 aromatic rings. The lowest BCUT2D eigenvalue weighted by atomic mass is 9.99. The van der Waals surface area contributed by atoms with Gasteiger partial charge in [-0.3, -0.25) is 4.79 Å². The van der Waals surface area contributed by atoms with Crippen LogP contribution in [0.4, 0.5) is 5.00 Å². The number of benzene rings is 1. The van der Waals surface area contributed by atoms with E-state index in [0.29, 0.717) is 16.6 Å². The summed E-state index contributed by atoms with van der Waals surface area (Å²) >= 11 is 1.44. The van der Waals surface area contributed by atoms with Gasteiger partial charge in [0.05, 0.1) is 10.6 Å². The van der Waals surface area contributed by atoms with Crippen molar-refractivity contribution >= 4 is 22.2 Å². The van der Waals surface area contributed by atoms with Gasteiger partial charge in [-0.25, -0.2) is 0 Å². The second kappa shape index (κ2) is 6.13. The Balaban J connectivity index is 1.92. The summed E-state index contributed by atoms with van der Waals surface area (Å²) in [4.78, 5) is 12.6. The molecule has 3 N–H and O–H groups in total. The van der Waals surface area contributed by atoms with Crippen LogP contribution in [0, 0.1) is 13.8 Å². The molecule has 0 spiro atoms. The largest absolute Gasteiger partial charge is 0.390 e. The molecule has 1 fully saturated rings. The van der Waals surface area contributed by atoms with Crippen LogP contribution in [0.2, 0.25) is 0 Å². The van der Waals surface area contributed by atoms with Crippen LogP contribution in [0.3, 0.4) is 0 Å². The summed E-state index contributed by atoms with van der Waals surface area (Å²) in [5.74, 6) is -0.0288. The first-order chi connectivity index (χ1) is 10.6. The molecule has 0 bridgehead atoms. The number of aryl methyl sites for hydroxylation is 2. The summed E-state index contributed by atoms with van der Waals surface area (Å²) in [6.45, 7) is 4.18. The lowest BCUT2D eigenvalue weighted by Crippen LogP contribution is -2.33. The van der Waals surface area contributed by atoms with Crippen molar-refractivity contribution in [2.45, 2.75) is 45.6 Å². The number of nitrogens with two attached hydrogens (primary N) is 1. The molecule has 3 nitrogen and oxygen atoms in total. The van der Waals surface area contributed by atoms with E-state index in [4.69, 9.17) is 5.73 Å². The Bertz CT molecular complexity index is 699. The number of hydrogen-bond acceptors (Lipinski definition) is 3. The number of carbonyl (C=O) groups excluding carboxylic acids is 1. The zero-order chi connectivity index (χ0) is 15.7. The Morgan fingerprint density at radius 2 is 1.95 bits per heavy atom. The molecule has 0 aliphatic heterocycles. The maximum Gasteiger partial charge on any atom is 0.255 e. The van der Waals surface area contributed by atoms with Crippen LogP contribution in [0.1, 0.15) is 47.2 Å². The molecule has 0 atom stereocenters. The van der Waals surface area contributed by atoms with Gasteiger partial charge in [0.25, 0.3) is 5.91 Å². The third kappa shape index (κ3) is 2.88. The number of nitrogen functional groups attached to an aromatic ring is 1. The van der Waals surface area contributed by atoms with E-state index in [1.807, 2.05) is 5.38 Å². The van der Waals surface area contributed by atoms with Crippen molar-refractivity contribution in [3.05, 3.63) is 40.3 Å². The number of thiophene rings is 1. The standard InChI is InChI=1S/C18H22N2OS/c1-11-7-8-13(9-12(11)2)15-10-22-17(19)16(15)18(21)20-14-5-3-4-6-14/h7-10,14H,3-6,19H2,1-2H3,(H,20,21). The molecule has 1 aliphatic rings. The molecule has 1 amide bonds. The van der Waals surface area contributed by atoms with E-state index in [1.54, 1.807) is 0 Å². The van der Waals surface area contributed by atoms with Crippen molar-refractivity contribution in [3.63, 3.8) is 0 Å². The molecule has 1 heterocycles. The van der Waals surface area contributed by atoms with Gasteiger partial charge in [-0.2, -0.15) is 0 Å². The third-order valence-corrected chi connectivity index (χ3v) is 5.37. The highest BCUT2D eigenvalue weighted by Gasteiger charge is 2.23. The first-order valence-electron chi connectivity index (χ1n) is 7.81. The zero-order valence-corrected chi connectivity index (χ0v) is 13.9. The van der Waals surface area contributed by atoms with Crippen molar-refractivity contribution in [3.8, 4) is 11.1 Å². The van der Waals surface area contributed by atoms with Crippen LogP contribution in [-0.4, -0.2) is 11.9 Å². The van der Waals surface area contributed by atoms with Crippen molar-refractivity contribution in [2.24, 2.45) is 0 Å². The van der Waals surface area contributed by atoms with Gasteiger partial charge in [0.15, 0.2) is 0 Å². The van der Waals surface area contributed by atoms with Gasteiger partial charge in [-0.1, -0.05) is 31.0 Å². The predicted octanol–water partition coefficient (Wildman–Crippen LogP) is 4.29. The monoisotopic (exact) mass is 314 g/mol.